The number of rotatable bonds is 6. The van der Waals surface area contributed by atoms with Crippen molar-refractivity contribution in [2.24, 2.45) is 0 Å². The third kappa shape index (κ3) is 5.20. The number of aromatic nitrogens is 2. The number of hydrogen-bond donors (Lipinski definition) is 2. The van der Waals surface area contributed by atoms with Crippen molar-refractivity contribution >= 4 is 11.8 Å². The van der Waals surface area contributed by atoms with E-state index in [-0.39, 0.29) is 23.7 Å². The number of benzene rings is 2. The second-order valence-corrected chi connectivity index (χ2v) is 6.27. The predicted molar refractivity (Wildman–Crippen MR) is 102 cm³/mol. The molecule has 3 aromatic rings. The lowest BCUT2D eigenvalue weighted by atomic mass is 10.1. The second kappa shape index (κ2) is 8.85. The molecule has 1 heterocycles. The lowest BCUT2D eigenvalue weighted by Crippen LogP contribution is -2.27. The number of amides is 2. The average molecular weight is 378 g/mol. The van der Waals surface area contributed by atoms with Crippen molar-refractivity contribution in [1.82, 2.24) is 20.6 Å². The van der Waals surface area contributed by atoms with Crippen LogP contribution in [0.3, 0.4) is 0 Å². The van der Waals surface area contributed by atoms with Crippen LogP contribution in [0.2, 0.25) is 0 Å². The molecule has 0 radical (unpaired) electrons. The van der Waals surface area contributed by atoms with Gasteiger partial charge in [0, 0.05) is 19.2 Å². The Bertz CT molecular complexity index is 990. The van der Waals surface area contributed by atoms with Crippen molar-refractivity contribution in [3.05, 3.63) is 94.8 Å². The number of nitrogens with one attached hydrogen (secondary N) is 2. The van der Waals surface area contributed by atoms with Crippen LogP contribution in [0, 0.1) is 12.7 Å². The molecule has 0 unspecified atom stereocenters. The van der Waals surface area contributed by atoms with Gasteiger partial charge in [0.1, 0.15) is 23.5 Å². The van der Waals surface area contributed by atoms with Gasteiger partial charge in [-0.25, -0.2) is 14.4 Å². The standard InChI is InChI=1S/C21H19FN4O2/c1-14-3-2-4-16(9-14)12-24-21(28)19-10-18(25-13-26-19)20(27)23-11-15-5-7-17(22)8-6-15/h2-10,13H,11-12H2,1H3,(H,23,27)(H,24,28). The Morgan fingerprint density at radius 3 is 2.07 bits per heavy atom. The highest BCUT2D eigenvalue weighted by Gasteiger charge is 2.13. The molecule has 0 fully saturated rings. The maximum absolute atomic E-state index is 12.9. The van der Waals surface area contributed by atoms with Crippen molar-refractivity contribution in [3.8, 4) is 0 Å². The Morgan fingerprint density at radius 2 is 1.46 bits per heavy atom. The molecule has 0 bridgehead atoms. The van der Waals surface area contributed by atoms with Gasteiger partial charge in [-0.1, -0.05) is 42.0 Å². The monoisotopic (exact) mass is 378 g/mol. The van der Waals surface area contributed by atoms with E-state index in [2.05, 4.69) is 20.6 Å². The van der Waals surface area contributed by atoms with Crippen LogP contribution in [-0.2, 0) is 13.1 Å². The average Bonchev–Trinajstić information content (AvgIpc) is 2.71. The molecule has 0 spiro atoms. The van der Waals surface area contributed by atoms with E-state index in [1.165, 1.54) is 24.5 Å². The Hall–Kier alpha value is -3.61. The van der Waals surface area contributed by atoms with Crippen LogP contribution in [0.5, 0.6) is 0 Å². The van der Waals surface area contributed by atoms with E-state index in [9.17, 15) is 14.0 Å². The van der Waals surface area contributed by atoms with E-state index in [1.54, 1.807) is 12.1 Å². The van der Waals surface area contributed by atoms with Gasteiger partial charge in [0.15, 0.2) is 0 Å². The van der Waals surface area contributed by atoms with Gasteiger partial charge in [0.05, 0.1) is 0 Å². The summed E-state index contributed by atoms with van der Waals surface area (Å²) in [6.45, 7) is 2.56. The van der Waals surface area contributed by atoms with Crippen molar-refractivity contribution in [2.75, 3.05) is 0 Å². The molecule has 142 valence electrons. The van der Waals surface area contributed by atoms with Crippen LogP contribution in [-0.4, -0.2) is 21.8 Å². The number of halogens is 1. The molecule has 0 atom stereocenters. The summed E-state index contributed by atoms with van der Waals surface area (Å²) < 4.78 is 12.9. The zero-order valence-electron chi connectivity index (χ0n) is 15.3. The molecule has 7 heteroatoms. The van der Waals surface area contributed by atoms with Crippen LogP contribution < -0.4 is 10.6 Å². The fraction of sp³-hybridized carbons (Fsp3) is 0.143. The molecule has 0 aliphatic rings. The highest BCUT2D eigenvalue weighted by atomic mass is 19.1. The molecule has 2 amide bonds. The minimum atomic E-state index is -0.445. The molecule has 0 saturated heterocycles. The number of nitrogens with zero attached hydrogens (tertiary/aromatic N) is 2. The summed E-state index contributed by atoms with van der Waals surface area (Å²) in [6, 6.07) is 14.9. The largest absolute Gasteiger partial charge is 0.347 e. The summed E-state index contributed by atoms with van der Waals surface area (Å²) in [7, 11) is 0. The quantitative estimate of drug-likeness (QED) is 0.691. The van der Waals surface area contributed by atoms with E-state index in [0.29, 0.717) is 6.54 Å². The van der Waals surface area contributed by atoms with Crippen molar-refractivity contribution in [3.63, 3.8) is 0 Å². The number of carbonyl (C=O) groups excluding carboxylic acids is 2. The highest BCUT2D eigenvalue weighted by molar-refractivity contribution is 5.97. The van der Waals surface area contributed by atoms with Gasteiger partial charge < -0.3 is 10.6 Å². The first-order chi connectivity index (χ1) is 13.5. The number of aryl methyl sites for hydroxylation is 1. The van der Waals surface area contributed by atoms with Gasteiger partial charge >= 0.3 is 0 Å². The summed E-state index contributed by atoms with van der Waals surface area (Å²) in [6.07, 6.45) is 1.17. The molecule has 2 aromatic carbocycles. The van der Waals surface area contributed by atoms with Gasteiger partial charge in [-0.15, -0.1) is 0 Å². The molecule has 0 aliphatic carbocycles. The summed E-state index contributed by atoms with van der Waals surface area (Å²) in [4.78, 5) is 32.4. The number of hydrogen-bond acceptors (Lipinski definition) is 4. The maximum atomic E-state index is 12.9. The topological polar surface area (TPSA) is 84.0 Å². The van der Waals surface area contributed by atoms with E-state index in [0.717, 1.165) is 16.7 Å². The van der Waals surface area contributed by atoms with E-state index >= 15 is 0 Å². The molecule has 0 saturated carbocycles. The zero-order valence-corrected chi connectivity index (χ0v) is 15.3. The van der Waals surface area contributed by atoms with E-state index in [1.807, 2.05) is 31.2 Å². The van der Waals surface area contributed by atoms with Crippen molar-refractivity contribution in [2.45, 2.75) is 20.0 Å². The molecule has 0 aliphatic heterocycles. The van der Waals surface area contributed by atoms with Crippen LogP contribution >= 0.6 is 0 Å². The first-order valence-corrected chi connectivity index (χ1v) is 8.70. The Kier molecular flexibility index (Phi) is 6.06. The van der Waals surface area contributed by atoms with Crippen LogP contribution in [0.4, 0.5) is 4.39 Å². The minimum Gasteiger partial charge on any atom is -0.347 e. The smallest absolute Gasteiger partial charge is 0.270 e. The molecule has 3 rings (SSSR count). The highest BCUT2D eigenvalue weighted by Crippen LogP contribution is 2.06. The molecule has 28 heavy (non-hydrogen) atoms. The predicted octanol–water partition coefficient (Wildman–Crippen LogP) is 2.78. The Labute approximate surface area is 161 Å². The third-order valence-corrected chi connectivity index (χ3v) is 4.03. The molecular formula is C21H19FN4O2. The van der Waals surface area contributed by atoms with Crippen LogP contribution in [0.15, 0.2) is 60.9 Å². The Balaban J connectivity index is 1.59. The fourth-order valence-electron chi connectivity index (χ4n) is 2.58. The third-order valence-electron chi connectivity index (χ3n) is 4.03. The molecule has 6 nitrogen and oxygen atoms in total. The molecular weight excluding hydrogens is 359 g/mol. The number of carbonyl (C=O) groups is 2. The van der Waals surface area contributed by atoms with Crippen LogP contribution in [0.25, 0.3) is 0 Å². The minimum absolute atomic E-state index is 0.0813. The van der Waals surface area contributed by atoms with E-state index in [4.69, 9.17) is 0 Å². The van der Waals surface area contributed by atoms with Gasteiger partial charge in [-0.05, 0) is 30.2 Å². The maximum Gasteiger partial charge on any atom is 0.270 e. The zero-order chi connectivity index (χ0) is 19.9. The van der Waals surface area contributed by atoms with Crippen LogP contribution in [0.1, 0.15) is 37.7 Å². The summed E-state index contributed by atoms with van der Waals surface area (Å²) >= 11 is 0. The molecule has 2 N–H and O–H groups in total. The van der Waals surface area contributed by atoms with Crippen molar-refractivity contribution in [1.29, 1.82) is 0 Å². The lowest BCUT2D eigenvalue weighted by Gasteiger charge is -2.07. The summed E-state index contributed by atoms with van der Waals surface area (Å²) in [5.74, 6) is -1.18. The Morgan fingerprint density at radius 1 is 0.857 bits per heavy atom. The SMILES string of the molecule is Cc1cccc(CNC(=O)c2cc(C(=O)NCc3ccc(F)cc3)ncn2)c1. The first-order valence-electron chi connectivity index (χ1n) is 8.70. The van der Waals surface area contributed by atoms with E-state index < -0.39 is 11.8 Å². The van der Waals surface area contributed by atoms with Gasteiger partial charge in [-0.2, -0.15) is 0 Å². The summed E-state index contributed by atoms with van der Waals surface area (Å²) in [5, 5.41) is 5.46. The van der Waals surface area contributed by atoms with Crippen molar-refractivity contribution < 1.29 is 14.0 Å². The normalized spacial score (nSPS) is 10.4. The molecule has 1 aromatic heterocycles. The second-order valence-electron chi connectivity index (χ2n) is 6.27. The first kappa shape index (κ1) is 19.2. The van der Waals surface area contributed by atoms with Gasteiger partial charge in [0.2, 0.25) is 0 Å². The summed E-state index contributed by atoms with van der Waals surface area (Å²) in [5.41, 5.74) is 3.01. The van der Waals surface area contributed by atoms with Gasteiger partial charge in [-0.3, -0.25) is 9.59 Å². The van der Waals surface area contributed by atoms with Gasteiger partial charge in [0.25, 0.3) is 11.8 Å². The lowest BCUT2D eigenvalue weighted by molar-refractivity contribution is 0.0944. The fourth-order valence-corrected chi connectivity index (χ4v) is 2.58.